The van der Waals surface area contributed by atoms with Gasteiger partial charge in [-0.3, -0.25) is 15.0 Å². The minimum absolute atomic E-state index is 0.651. The zero-order valence-corrected chi connectivity index (χ0v) is 29.1. The summed E-state index contributed by atoms with van der Waals surface area (Å²) in [5, 5.41) is 7.06. The van der Waals surface area contributed by atoms with Crippen molar-refractivity contribution in [3.05, 3.63) is 189 Å². The number of benzene rings is 6. The topological polar surface area (TPSA) is 64.5 Å². The van der Waals surface area contributed by atoms with E-state index < -0.39 is 0 Å². The number of rotatable bonds is 6. The van der Waals surface area contributed by atoms with Crippen LogP contribution < -0.4 is 0 Å². The summed E-state index contributed by atoms with van der Waals surface area (Å²) in [7, 11) is 0. The van der Waals surface area contributed by atoms with Crippen LogP contribution in [0.3, 0.4) is 0 Å². The largest absolute Gasteiger partial charge is 0.265 e. The van der Waals surface area contributed by atoms with Gasteiger partial charge in [-0.15, -0.1) is 0 Å². The molecule has 0 aliphatic heterocycles. The lowest BCUT2D eigenvalue weighted by Crippen LogP contribution is -1.97. The molecule has 4 heterocycles. The molecule has 10 aromatic rings. The fraction of sp³-hybridized carbons (Fsp3) is 0. The summed E-state index contributed by atoms with van der Waals surface area (Å²) in [6.45, 7) is 0. The van der Waals surface area contributed by atoms with Gasteiger partial charge in [0, 0.05) is 64.8 Å². The summed E-state index contributed by atoms with van der Waals surface area (Å²) in [5.41, 5.74) is 11.4. The summed E-state index contributed by atoms with van der Waals surface area (Å²) >= 11 is 0. The van der Waals surface area contributed by atoms with Gasteiger partial charge >= 0.3 is 0 Å². The molecule has 54 heavy (non-hydrogen) atoms. The Morgan fingerprint density at radius 2 is 0.907 bits per heavy atom. The first kappa shape index (κ1) is 31.4. The Hall–Kier alpha value is -7.37. The molecular formula is C49H31N5. The highest BCUT2D eigenvalue weighted by Crippen LogP contribution is 2.44. The Balaban J connectivity index is 1.12. The maximum atomic E-state index is 5.22. The average molecular weight is 690 g/mol. The quantitative estimate of drug-likeness (QED) is 0.163. The van der Waals surface area contributed by atoms with Gasteiger partial charge in [0.1, 0.15) is 0 Å². The third kappa shape index (κ3) is 5.56. The fourth-order valence-electron chi connectivity index (χ4n) is 7.64. The molecule has 0 bridgehead atoms. The van der Waals surface area contributed by atoms with Gasteiger partial charge in [-0.2, -0.15) is 0 Å². The second-order valence-electron chi connectivity index (χ2n) is 13.3. The van der Waals surface area contributed by atoms with E-state index in [4.69, 9.17) is 9.97 Å². The zero-order valence-electron chi connectivity index (χ0n) is 29.1. The molecule has 0 aliphatic rings. The maximum Gasteiger partial charge on any atom is 0.160 e. The predicted octanol–water partition coefficient (Wildman–Crippen LogP) is 12.1. The van der Waals surface area contributed by atoms with Crippen molar-refractivity contribution < 1.29 is 0 Å². The number of hydrogen-bond donors (Lipinski definition) is 0. The van der Waals surface area contributed by atoms with E-state index in [2.05, 4.69) is 148 Å². The molecule has 0 amide bonds. The molecule has 252 valence electrons. The second-order valence-corrected chi connectivity index (χ2v) is 13.3. The van der Waals surface area contributed by atoms with Crippen molar-refractivity contribution in [1.82, 2.24) is 24.9 Å². The van der Waals surface area contributed by atoms with Crippen LogP contribution in [0, 0.1) is 0 Å². The van der Waals surface area contributed by atoms with Crippen LogP contribution in [0.5, 0.6) is 0 Å². The molecule has 6 aromatic carbocycles. The van der Waals surface area contributed by atoms with E-state index in [0.29, 0.717) is 5.82 Å². The zero-order chi connectivity index (χ0) is 35.8. The normalized spacial score (nSPS) is 11.3. The number of fused-ring (bicyclic) bond motifs is 3. The van der Waals surface area contributed by atoms with E-state index in [-0.39, 0.29) is 0 Å². The molecule has 0 fully saturated rings. The van der Waals surface area contributed by atoms with Crippen molar-refractivity contribution in [1.29, 1.82) is 0 Å². The molecule has 5 nitrogen and oxygen atoms in total. The molecule has 0 radical (unpaired) electrons. The number of hydrogen-bond acceptors (Lipinski definition) is 5. The highest BCUT2D eigenvalue weighted by Gasteiger charge is 2.18. The lowest BCUT2D eigenvalue weighted by molar-refractivity contribution is 1.18. The van der Waals surface area contributed by atoms with E-state index in [1.807, 2.05) is 49.2 Å². The van der Waals surface area contributed by atoms with Gasteiger partial charge in [-0.1, -0.05) is 115 Å². The molecule has 5 heteroatoms. The Morgan fingerprint density at radius 1 is 0.315 bits per heavy atom. The number of nitrogens with zero attached hydrogens (tertiary/aromatic N) is 5. The van der Waals surface area contributed by atoms with Crippen molar-refractivity contribution >= 4 is 32.3 Å². The van der Waals surface area contributed by atoms with Crippen molar-refractivity contribution in [2.75, 3.05) is 0 Å². The fourth-order valence-corrected chi connectivity index (χ4v) is 7.64. The van der Waals surface area contributed by atoms with Crippen LogP contribution >= 0.6 is 0 Å². The van der Waals surface area contributed by atoms with Gasteiger partial charge in [0.05, 0.1) is 11.4 Å². The molecular weight excluding hydrogens is 659 g/mol. The van der Waals surface area contributed by atoms with Crippen LogP contribution in [-0.4, -0.2) is 24.9 Å². The van der Waals surface area contributed by atoms with Crippen molar-refractivity contribution in [2.45, 2.75) is 0 Å². The highest BCUT2D eigenvalue weighted by atomic mass is 14.9. The summed E-state index contributed by atoms with van der Waals surface area (Å²) in [6, 6.07) is 53.1. The van der Waals surface area contributed by atoms with Crippen molar-refractivity contribution in [3.63, 3.8) is 0 Å². The smallest absolute Gasteiger partial charge is 0.160 e. The first-order valence-corrected chi connectivity index (χ1v) is 18.0. The first-order valence-electron chi connectivity index (χ1n) is 18.0. The van der Waals surface area contributed by atoms with E-state index in [0.717, 1.165) is 55.7 Å². The van der Waals surface area contributed by atoms with Crippen LogP contribution in [0.2, 0.25) is 0 Å². The standard InChI is InChI=1S/C49H31N5/c1-2-13-39-37(9-1)29-52-31-44(39)32-18-20-33(21-19-32)45-28-46(38-12-8-24-51-30-38)54-49(53-45)36-11-7-10-35(27-36)48-42-16-5-3-14-40(42)47(34-22-25-50-26-23-34)41-15-4-6-17-43(41)48/h1-31H. The van der Waals surface area contributed by atoms with Gasteiger partial charge in [-0.05, 0) is 91.1 Å². The molecule has 4 aromatic heterocycles. The lowest BCUT2D eigenvalue weighted by atomic mass is 9.86. The summed E-state index contributed by atoms with van der Waals surface area (Å²) in [4.78, 5) is 23.6. The molecule has 10 rings (SSSR count). The summed E-state index contributed by atoms with van der Waals surface area (Å²) in [5.74, 6) is 0.651. The Morgan fingerprint density at radius 3 is 1.59 bits per heavy atom. The van der Waals surface area contributed by atoms with E-state index in [1.165, 1.54) is 38.1 Å². The van der Waals surface area contributed by atoms with Gasteiger partial charge in [0.2, 0.25) is 0 Å². The SMILES string of the molecule is c1cncc(-c2cc(-c3ccc(-c4cncc5ccccc45)cc3)nc(-c3cccc(-c4c5ccccc5c(-c5ccncc5)c5ccccc45)c3)n2)c1. The minimum atomic E-state index is 0.651. The Labute approximate surface area is 312 Å². The number of aromatic nitrogens is 5. The van der Waals surface area contributed by atoms with Crippen LogP contribution in [0.4, 0.5) is 0 Å². The molecule has 0 saturated heterocycles. The van der Waals surface area contributed by atoms with Gasteiger partial charge in [-0.25, -0.2) is 9.97 Å². The minimum Gasteiger partial charge on any atom is -0.265 e. The number of pyridine rings is 3. The van der Waals surface area contributed by atoms with Crippen molar-refractivity contribution in [2.24, 2.45) is 0 Å². The third-order valence-corrected chi connectivity index (χ3v) is 10.2. The lowest BCUT2D eigenvalue weighted by Gasteiger charge is -2.18. The van der Waals surface area contributed by atoms with Gasteiger partial charge < -0.3 is 0 Å². The molecule has 0 spiro atoms. The Bertz CT molecular complexity index is 2920. The van der Waals surface area contributed by atoms with Gasteiger partial charge in [0.15, 0.2) is 5.82 Å². The Kier molecular flexibility index (Phi) is 7.73. The van der Waals surface area contributed by atoms with Crippen LogP contribution in [-0.2, 0) is 0 Å². The summed E-state index contributed by atoms with van der Waals surface area (Å²) in [6.07, 6.45) is 11.2. The van der Waals surface area contributed by atoms with Crippen LogP contribution in [0.25, 0.3) is 99.6 Å². The van der Waals surface area contributed by atoms with Crippen LogP contribution in [0.1, 0.15) is 0 Å². The molecule has 0 aliphatic carbocycles. The molecule has 0 atom stereocenters. The monoisotopic (exact) mass is 689 g/mol. The molecule has 0 unspecified atom stereocenters. The summed E-state index contributed by atoms with van der Waals surface area (Å²) < 4.78 is 0. The van der Waals surface area contributed by atoms with Gasteiger partial charge in [0.25, 0.3) is 0 Å². The van der Waals surface area contributed by atoms with Crippen LogP contribution in [0.15, 0.2) is 189 Å². The highest BCUT2D eigenvalue weighted by molar-refractivity contribution is 6.21. The molecule has 0 N–H and O–H groups in total. The van der Waals surface area contributed by atoms with Crippen molar-refractivity contribution in [3.8, 4) is 67.3 Å². The maximum absolute atomic E-state index is 5.22. The third-order valence-electron chi connectivity index (χ3n) is 10.2. The average Bonchev–Trinajstić information content (AvgIpc) is 3.26. The van der Waals surface area contributed by atoms with E-state index in [9.17, 15) is 0 Å². The molecule has 0 saturated carbocycles. The predicted molar refractivity (Wildman–Crippen MR) is 221 cm³/mol. The van der Waals surface area contributed by atoms with E-state index >= 15 is 0 Å². The second kappa shape index (κ2) is 13.3. The first-order chi connectivity index (χ1) is 26.8. The van der Waals surface area contributed by atoms with E-state index in [1.54, 1.807) is 6.20 Å².